The number of hydrogen-bond donors (Lipinski definition) is 1. The number of nitro benzene ring substituents is 1. The van der Waals surface area contributed by atoms with Crippen molar-refractivity contribution in [3.05, 3.63) is 69.8 Å². The first-order valence-electron chi connectivity index (χ1n) is 8.90. The number of carbonyl (C=O) groups excluding carboxylic acids is 2. The van der Waals surface area contributed by atoms with Gasteiger partial charge in [-0.2, -0.15) is 0 Å². The molecular formula is C20H21N3O5. The third-order valence-electron chi connectivity index (χ3n) is 4.80. The fourth-order valence-electron chi connectivity index (χ4n) is 3.29. The molecule has 3 rings (SSSR count). The molecule has 1 fully saturated rings. The number of nitrogens with zero attached hydrogens (tertiary/aromatic N) is 2. The number of benzene rings is 2. The van der Waals surface area contributed by atoms with E-state index in [1.54, 1.807) is 6.92 Å². The van der Waals surface area contributed by atoms with Gasteiger partial charge in [0.25, 0.3) is 11.6 Å². The van der Waals surface area contributed by atoms with Gasteiger partial charge in [-0.05, 0) is 43.5 Å². The number of imide groups is 1. The summed E-state index contributed by atoms with van der Waals surface area (Å²) in [7, 11) is 0. The first-order chi connectivity index (χ1) is 13.3. The Balaban J connectivity index is 1.58. The molecule has 1 aliphatic rings. The lowest BCUT2D eigenvalue weighted by molar-refractivity contribution is -0.384. The Labute approximate surface area is 162 Å². The monoisotopic (exact) mass is 383 g/mol. The molecule has 1 unspecified atom stereocenters. The highest BCUT2D eigenvalue weighted by Crippen LogP contribution is 2.31. The molecule has 1 aliphatic heterocycles. The Kier molecular flexibility index (Phi) is 5.30. The minimum atomic E-state index is -1.08. The first kappa shape index (κ1) is 19.3. The molecule has 1 heterocycles. The van der Waals surface area contributed by atoms with Gasteiger partial charge in [-0.1, -0.05) is 24.3 Å². The van der Waals surface area contributed by atoms with E-state index in [1.165, 1.54) is 29.2 Å². The molecule has 0 spiro atoms. The zero-order valence-corrected chi connectivity index (χ0v) is 15.7. The molecule has 0 bridgehead atoms. The molecule has 2 aromatic carbocycles. The van der Waals surface area contributed by atoms with Crippen molar-refractivity contribution >= 4 is 17.6 Å². The van der Waals surface area contributed by atoms with Crippen molar-refractivity contribution in [2.24, 2.45) is 0 Å². The van der Waals surface area contributed by atoms with E-state index in [1.807, 2.05) is 31.2 Å². The topological polar surface area (TPSA) is 102 Å². The summed E-state index contributed by atoms with van der Waals surface area (Å²) in [5, 5.41) is 13.4. The number of urea groups is 1. The quantitative estimate of drug-likeness (QED) is 0.342. The predicted octanol–water partition coefficient (Wildman–Crippen LogP) is 3.14. The maximum Gasteiger partial charge on any atom is 0.325 e. The normalized spacial score (nSPS) is 18.9. The number of ether oxygens (including phenoxy) is 1. The second kappa shape index (κ2) is 7.67. The first-order valence-corrected chi connectivity index (χ1v) is 8.90. The van der Waals surface area contributed by atoms with Crippen molar-refractivity contribution in [3.63, 3.8) is 0 Å². The molecule has 1 atom stereocenters. The van der Waals surface area contributed by atoms with Crippen LogP contribution in [0.15, 0.2) is 48.5 Å². The highest BCUT2D eigenvalue weighted by Gasteiger charge is 2.49. The van der Waals surface area contributed by atoms with Gasteiger partial charge in [0, 0.05) is 18.7 Å². The molecule has 2 aromatic rings. The van der Waals surface area contributed by atoms with Crippen LogP contribution < -0.4 is 10.1 Å². The van der Waals surface area contributed by atoms with Gasteiger partial charge >= 0.3 is 6.03 Å². The summed E-state index contributed by atoms with van der Waals surface area (Å²) in [6.45, 7) is 4.11. The fraction of sp³-hybridized carbons (Fsp3) is 0.300. The summed E-state index contributed by atoms with van der Waals surface area (Å²) in [4.78, 5) is 36.6. The van der Waals surface area contributed by atoms with E-state index < -0.39 is 16.5 Å². The van der Waals surface area contributed by atoms with Crippen LogP contribution in [0.4, 0.5) is 10.5 Å². The number of amides is 3. The van der Waals surface area contributed by atoms with E-state index in [-0.39, 0.29) is 24.7 Å². The summed E-state index contributed by atoms with van der Waals surface area (Å²) in [6.07, 6.45) is 0.444. The minimum Gasteiger partial charge on any atom is -0.494 e. The molecule has 146 valence electrons. The maximum absolute atomic E-state index is 12.9. The van der Waals surface area contributed by atoms with Crippen molar-refractivity contribution in [1.82, 2.24) is 10.2 Å². The molecule has 3 amide bonds. The van der Waals surface area contributed by atoms with Crippen LogP contribution in [-0.4, -0.2) is 34.9 Å². The van der Waals surface area contributed by atoms with E-state index >= 15 is 0 Å². The van der Waals surface area contributed by atoms with Crippen LogP contribution in [-0.2, 0) is 10.3 Å². The van der Waals surface area contributed by atoms with Crippen LogP contribution in [0.2, 0.25) is 0 Å². The minimum absolute atomic E-state index is 0.0119. The third-order valence-corrected chi connectivity index (χ3v) is 4.80. The standard InChI is InChI=1S/C20H21N3O5/c1-14-6-3-4-7-17(14)20(2)18(24)22(19(25)21-20)12-5-13-28-16-10-8-15(9-11-16)23(26)27/h3-4,6-11H,5,12-13H2,1-2H3,(H,21,25). The van der Waals surface area contributed by atoms with Crippen LogP contribution in [0.1, 0.15) is 24.5 Å². The number of non-ortho nitro benzene ring substituents is 1. The van der Waals surface area contributed by atoms with Crippen molar-refractivity contribution < 1.29 is 19.2 Å². The lowest BCUT2D eigenvalue weighted by Gasteiger charge is -2.24. The highest BCUT2D eigenvalue weighted by atomic mass is 16.6. The van der Waals surface area contributed by atoms with Crippen molar-refractivity contribution in [2.75, 3.05) is 13.2 Å². The van der Waals surface area contributed by atoms with E-state index in [9.17, 15) is 19.7 Å². The number of nitrogens with one attached hydrogen (secondary N) is 1. The number of rotatable bonds is 7. The maximum atomic E-state index is 12.9. The summed E-state index contributed by atoms with van der Waals surface area (Å²) in [5.74, 6) is 0.203. The van der Waals surface area contributed by atoms with E-state index in [0.717, 1.165) is 11.1 Å². The van der Waals surface area contributed by atoms with Gasteiger partial charge in [0.2, 0.25) is 0 Å². The predicted molar refractivity (Wildman–Crippen MR) is 102 cm³/mol. The summed E-state index contributed by atoms with van der Waals surface area (Å²) in [5.41, 5.74) is 0.615. The van der Waals surface area contributed by atoms with Gasteiger partial charge in [0.05, 0.1) is 11.5 Å². The summed E-state index contributed by atoms with van der Waals surface area (Å²) >= 11 is 0. The SMILES string of the molecule is Cc1ccccc1C1(C)NC(=O)N(CCCOc2ccc([N+](=O)[O-])cc2)C1=O. The molecule has 0 aliphatic carbocycles. The van der Waals surface area contributed by atoms with Crippen LogP contribution in [0.3, 0.4) is 0 Å². The van der Waals surface area contributed by atoms with Crippen LogP contribution >= 0.6 is 0 Å². The average molecular weight is 383 g/mol. The Bertz CT molecular complexity index is 912. The van der Waals surface area contributed by atoms with Crippen molar-refractivity contribution in [1.29, 1.82) is 0 Å². The zero-order valence-electron chi connectivity index (χ0n) is 15.7. The van der Waals surface area contributed by atoms with Crippen LogP contribution in [0.5, 0.6) is 5.75 Å². The second-order valence-corrected chi connectivity index (χ2v) is 6.78. The lowest BCUT2D eigenvalue weighted by atomic mass is 9.88. The average Bonchev–Trinajstić information content (AvgIpc) is 2.89. The van der Waals surface area contributed by atoms with E-state index in [2.05, 4.69) is 5.32 Å². The smallest absolute Gasteiger partial charge is 0.325 e. The van der Waals surface area contributed by atoms with Gasteiger partial charge in [-0.15, -0.1) is 0 Å². The van der Waals surface area contributed by atoms with E-state index in [4.69, 9.17) is 4.74 Å². The van der Waals surface area contributed by atoms with Gasteiger partial charge in [0.15, 0.2) is 0 Å². The van der Waals surface area contributed by atoms with Gasteiger partial charge in [-0.3, -0.25) is 19.8 Å². The van der Waals surface area contributed by atoms with Gasteiger partial charge in [-0.25, -0.2) is 4.79 Å². The van der Waals surface area contributed by atoms with E-state index in [0.29, 0.717) is 12.2 Å². The van der Waals surface area contributed by atoms with Crippen LogP contribution in [0, 0.1) is 17.0 Å². The highest BCUT2D eigenvalue weighted by molar-refractivity contribution is 6.07. The molecule has 8 heteroatoms. The number of carbonyl (C=O) groups is 2. The summed E-state index contributed by atoms with van der Waals surface area (Å²) in [6, 6.07) is 12.8. The molecular weight excluding hydrogens is 362 g/mol. The molecule has 1 saturated heterocycles. The second-order valence-electron chi connectivity index (χ2n) is 6.78. The summed E-state index contributed by atoms with van der Waals surface area (Å²) < 4.78 is 5.53. The Hall–Kier alpha value is -3.42. The largest absolute Gasteiger partial charge is 0.494 e. The van der Waals surface area contributed by atoms with Gasteiger partial charge < -0.3 is 10.1 Å². The molecule has 0 radical (unpaired) electrons. The zero-order chi connectivity index (χ0) is 20.3. The Morgan fingerprint density at radius 2 is 1.82 bits per heavy atom. The van der Waals surface area contributed by atoms with Crippen LogP contribution in [0.25, 0.3) is 0 Å². The fourth-order valence-corrected chi connectivity index (χ4v) is 3.29. The number of nitro groups is 1. The van der Waals surface area contributed by atoms with Crippen molar-refractivity contribution in [2.45, 2.75) is 25.8 Å². The molecule has 0 saturated carbocycles. The molecule has 1 N–H and O–H groups in total. The Morgan fingerprint density at radius 3 is 2.46 bits per heavy atom. The number of aryl methyl sites for hydroxylation is 1. The van der Waals surface area contributed by atoms with Gasteiger partial charge in [0.1, 0.15) is 11.3 Å². The molecule has 28 heavy (non-hydrogen) atoms. The lowest BCUT2D eigenvalue weighted by Crippen LogP contribution is -2.41. The van der Waals surface area contributed by atoms with Crippen molar-refractivity contribution in [3.8, 4) is 5.75 Å². The molecule has 8 nitrogen and oxygen atoms in total. The third kappa shape index (κ3) is 3.66. The Morgan fingerprint density at radius 1 is 1.14 bits per heavy atom. The molecule has 0 aromatic heterocycles. The number of hydrogen-bond acceptors (Lipinski definition) is 5.